The molecule has 0 saturated carbocycles. The molecule has 3 aromatic rings. The van der Waals surface area contributed by atoms with Crippen LogP contribution in [0.25, 0.3) is 11.4 Å². The van der Waals surface area contributed by atoms with E-state index in [0.29, 0.717) is 17.4 Å². The summed E-state index contributed by atoms with van der Waals surface area (Å²) in [7, 11) is 0. The maximum Gasteiger partial charge on any atom is 0.237 e. The Kier molecular flexibility index (Phi) is 6.03. The Hall–Kier alpha value is -2.93. The molecule has 0 aliphatic heterocycles. The van der Waals surface area contributed by atoms with E-state index in [1.807, 2.05) is 34.9 Å². The minimum absolute atomic E-state index is 0.193. The highest BCUT2D eigenvalue weighted by molar-refractivity contribution is 8.00. The van der Waals surface area contributed by atoms with Gasteiger partial charge in [-0.1, -0.05) is 48.2 Å². The average molecular weight is 382 g/mol. The molecule has 3 rings (SSSR count). The first-order chi connectivity index (χ1) is 13.1. The number of carbonyl (C=O) groups is 1. The lowest BCUT2D eigenvalue weighted by Crippen LogP contribution is -2.23. The number of amides is 1. The quantitative estimate of drug-likeness (QED) is 0.486. The maximum atomic E-state index is 13.0. The molecule has 138 valence electrons. The van der Waals surface area contributed by atoms with Crippen molar-refractivity contribution in [3.63, 3.8) is 0 Å². The van der Waals surface area contributed by atoms with E-state index in [2.05, 4.69) is 22.1 Å². The lowest BCUT2D eigenvalue weighted by atomic mass is 10.2. The summed E-state index contributed by atoms with van der Waals surface area (Å²) in [5.41, 5.74) is 1.49. The van der Waals surface area contributed by atoms with E-state index in [1.54, 1.807) is 13.0 Å². The molecule has 0 spiro atoms. The summed E-state index contributed by atoms with van der Waals surface area (Å²) >= 11 is 1.31. The molecule has 5 nitrogen and oxygen atoms in total. The topological polar surface area (TPSA) is 59.8 Å². The van der Waals surface area contributed by atoms with E-state index in [9.17, 15) is 9.18 Å². The van der Waals surface area contributed by atoms with Crippen LogP contribution < -0.4 is 5.32 Å². The van der Waals surface area contributed by atoms with E-state index in [4.69, 9.17) is 0 Å². The van der Waals surface area contributed by atoms with Crippen molar-refractivity contribution >= 4 is 23.4 Å². The maximum absolute atomic E-state index is 13.0. The highest BCUT2D eigenvalue weighted by Crippen LogP contribution is 2.27. The van der Waals surface area contributed by atoms with Gasteiger partial charge in [-0.15, -0.1) is 16.8 Å². The Morgan fingerprint density at radius 3 is 2.59 bits per heavy atom. The number of hydrogen-bond donors (Lipinski definition) is 1. The molecule has 0 aliphatic carbocycles. The summed E-state index contributed by atoms with van der Waals surface area (Å²) in [4.78, 5) is 12.4. The molecule has 0 aliphatic rings. The van der Waals surface area contributed by atoms with E-state index in [0.717, 1.165) is 11.4 Å². The van der Waals surface area contributed by atoms with Crippen molar-refractivity contribution < 1.29 is 9.18 Å². The van der Waals surface area contributed by atoms with Crippen molar-refractivity contribution in [3.8, 4) is 11.4 Å². The summed E-state index contributed by atoms with van der Waals surface area (Å²) in [5, 5.41) is 11.5. The first kappa shape index (κ1) is 18.8. The average Bonchev–Trinajstić information content (AvgIpc) is 3.07. The number of benzene rings is 2. The summed E-state index contributed by atoms with van der Waals surface area (Å²) in [6.07, 6.45) is 1.77. The number of hydrogen-bond acceptors (Lipinski definition) is 4. The van der Waals surface area contributed by atoms with Crippen molar-refractivity contribution in [3.05, 3.63) is 73.1 Å². The Morgan fingerprint density at radius 2 is 1.93 bits per heavy atom. The highest BCUT2D eigenvalue weighted by atomic mass is 32.2. The zero-order valence-corrected chi connectivity index (χ0v) is 15.6. The third-order valence-electron chi connectivity index (χ3n) is 3.82. The number of nitrogens with one attached hydrogen (secondary N) is 1. The van der Waals surface area contributed by atoms with Crippen molar-refractivity contribution in [2.45, 2.75) is 23.9 Å². The van der Waals surface area contributed by atoms with Gasteiger partial charge in [0.1, 0.15) is 5.82 Å². The minimum Gasteiger partial charge on any atom is -0.325 e. The van der Waals surface area contributed by atoms with Crippen LogP contribution in [-0.4, -0.2) is 25.9 Å². The summed E-state index contributed by atoms with van der Waals surface area (Å²) in [6, 6.07) is 15.4. The van der Waals surface area contributed by atoms with Gasteiger partial charge in [0.2, 0.25) is 5.91 Å². The van der Waals surface area contributed by atoms with Crippen LogP contribution in [0.3, 0.4) is 0 Å². The van der Waals surface area contributed by atoms with Gasteiger partial charge in [-0.05, 0) is 31.2 Å². The molecule has 1 aromatic heterocycles. The number of allylic oxidation sites excluding steroid dienone is 1. The molecule has 1 amide bonds. The SMILES string of the molecule is C=CCn1c(S[C@@H](C)C(=O)Nc2ccc(F)cc2)nnc1-c1ccccc1. The number of carbonyl (C=O) groups excluding carboxylic acids is 1. The lowest BCUT2D eigenvalue weighted by molar-refractivity contribution is -0.115. The molecule has 7 heteroatoms. The predicted octanol–water partition coefficient (Wildman–Crippen LogP) is 4.39. The monoisotopic (exact) mass is 382 g/mol. The molecule has 1 N–H and O–H groups in total. The van der Waals surface area contributed by atoms with Gasteiger partial charge in [-0.2, -0.15) is 0 Å². The smallest absolute Gasteiger partial charge is 0.237 e. The molecule has 2 aromatic carbocycles. The summed E-state index contributed by atoms with van der Waals surface area (Å²) < 4.78 is 14.9. The molecule has 1 atom stereocenters. The van der Waals surface area contributed by atoms with Gasteiger partial charge in [-0.25, -0.2) is 4.39 Å². The second-order valence-corrected chi connectivity index (χ2v) is 7.14. The largest absolute Gasteiger partial charge is 0.325 e. The first-order valence-electron chi connectivity index (χ1n) is 8.41. The second kappa shape index (κ2) is 8.64. The molecule has 27 heavy (non-hydrogen) atoms. The van der Waals surface area contributed by atoms with Gasteiger partial charge < -0.3 is 5.32 Å². The molecule has 0 unspecified atom stereocenters. The van der Waals surface area contributed by atoms with Gasteiger partial charge >= 0.3 is 0 Å². The summed E-state index contributed by atoms with van der Waals surface area (Å²) in [5.74, 6) is 0.187. The number of aromatic nitrogens is 3. The third-order valence-corrected chi connectivity index (χ3v) is 4.90. The van der Waals surface area contributed by atoms with Crippen LogP contribution in [0.15, 0.2) is 72.4 Å². The fourth-order valence-corrected chi connectivity index (χ4v) is 3.32. The fraction of sp³-hybridized carbons (Fsp3) is 0.150. The van der Waals surface area contributed by atoms with Gasteiger partial charge in [-0.3, -0.25) is 9.36 Å². The Labute approximate surface area is 161 Å². The zero-order valence-electron chi connectivity index (χ0n) is 14.8. The molecule has 0 radical (unpaired) electrons. The van der Waals surface area contributed by atoms with E-state index in [1.165, 1.54) is 36.0 Å². The van der Waals surface area contributed by atoms with E-state index in [-0.39, 0.29) is 11.7 Å². The molecule has 0 fully saturated rings. The Balaban J connectivity index is 1.76. The van der Waals surface area contributed by atoms with E-state index < -0.39 is 5.25 Å². The Morgan fingerprint density at radius 1 is 1.22 bits per heavy atom. The fourth-order valence-electron chi connectivity index (χ4n) is 2.46. The predicted molar refractivity (Wildman–Crippen MR) is 106 cm³/mol. The normalized spacial score (nSPS) is 11.8. The van der Waals surface area contributed by atoms with Gasteiger partial charge in [0, 0.05) is 17.8 Å². The number of anilines is 1. The van der Waals surface area contributed by atoms with Gasteiger partial charge in [0.25, 0.3) is 0 Å². The minimum atomic E-state index is -0.411. The van der Waals surface area contributed by atoms with Crippen LogP contribution in [-0.2, 0) is 11.3 Å². The van der Waals surface area contributed by atoms with Crippen LogP contribution in [0.4, 0.5) is 10.1 Å². The van der Waals surface area contributed by atoms with Gasteiger partial charge in [0.15, 0.2) is 11.0 Å². The number of rotatable bonds is 7. The zero-order chi connectivity index (χ0) is 19.2. The number of nitrogens with zero attached hydrogens (tertiary/aromatic N) is 3. The first-order valence-corrected chi connectivity index (χ1v) is 9.29. The molecule has 0 bridgehead atoms. The third kappa shape index (κ3) is 4.62. The van der Waals surface area contributed by atoms with Crippen molar-refractivity contribution in [1.29, 1.82) is 0 Å². The molecular formula is C20H19FN4OS. The van der Waals surface area contributed by atoms with Crippen LogP contribution in [0.2, 0.25) is 0 Å². The van der Waals surface area contributed by atoms with Crippen LogP contribution in [0.1, 0.15) is 6.92 Å². The van der Waals surface area contributed by atoms with E-state index >= 15 is 0 Å². The highest BCUT2D eigenvalue weighted by Gasteiger charge is 2.20. The number of halogens is 1. The summed E-state index contributed by atoms with van der Waals surface area (Å²) in [6.45, 7) is 6.12. The molecular weight excluding hydrogens is 363 g/mol. The number of thioether (sulfide) groups is 1. The molecule has 1 heterocycles. The van der Waals surface area contributed by atoms with Gasteiger partial charge in [0.05, 0.1) is 5.25 Å². The van der Waals surface area contributed by atoms with Crippen LogP contribution >= 0.6 is 11.8 Å². The lowest BCUT2D eigenvalue weighted by Gasteiger charge is -2.13. The molecule has 0 saturated heterocycles. The van der Waals surface area contributed by atoms with Crippen LogP contribution in [0.5, 0.6) is 0 Å². The van der Waals surface area contributed by atoms with Crippen molar-refractivity contribution in [1.82, 2.24) is 14.8 Å². The van der Waals surface area contributed by atoms with Crippen LogP contribution in [0, 0.1) is 5.82 Å². The van der Waals surface area contributed by atoms with Crippen molar-refractivity contribution in [2.24, 2.45) is 0 Å². The standard InChI is InChI=1S/C20H19FN4OS/c1-3-13-25-18(15-7-5-4-6-8-15)23-24-20(25)27-14(2)19(26)22-17-11-9-16(21)10-12-17/h3-12,14H,1,13H2,2H3,(H,22,26)/t14-/m0/s1. The Bertz CT molecular complexity index is 925. The van der Waals surface area contributed by atoms with Crippen molar-refractivity contribution in [2.75, 3.05) is 5.32 Å². The second-order valence-electron chi connectivity index (χ2n) is 5.83.